The van der Waals surface area contributed by atoms with Crippen LogP contribution in [0.15, 0.2) is 18.5 Å². The van der Waals surface area contributed by atoms with E-state index in [0.29, 0.717) is 48.5 Å². The normalized spacial score (nSPS) is 21.0. The van der Waals surface area contributed by atoms with Crippen molar-refractivity contribution in [3.05, 3.63) is 24.0 Å². The fourth-order valence-electron chi connectivity index (χ4n) is 4.25. The number of nitrogens with zero attached hydrogens (tertiary/aromatic N) is 7. The Morgan fingerprint density at radius 2 is 1.88 bits per heavy atom. The van der Waals surface area contributed by atoms with E-state index in [-0.39, 0.29) is 11.6 Å². The molecule has 3 aromatic rings. The molecule has 15 heteroatoms. The Bertz CT molecular complexity index is 1310. The zero-order valence-electron chi connectivity index (χ0n) is 17.5. The van der Waals surface area contributed by atoms with Crippen LogP contribution >= 0.6 is 11.3 Å². The maximum absolute atomic E-state index is 13.3. The van der Waals surface area contributed by atoms with Crippen LogP contribution in [0.2, 0.25) is 0 Å². The average Bonchev–Trinajstić information content (AvgIpc) is 3.33. The number of aromatic nitrogens is 4. The van der Waals surface area contributed by atoms with Crippen LogP contribution in [0.1, 0.15) is 5.56 Å². The Kier molecular flexibility index (Phi) is 5.26. The van der Waals surface area contributed by atoms with E-state index in [1.165, 1.54) is 38.8 Å². The first-order valence-corrected chi connectivity index (χ1v) is 12.8. The minimum absolute atomic E-state index is 0.0357. The largest absolute Gasteiger partial charge is 0.419 e. The molecule has 2 aliphatic heterocycles. The molecule has 0 bridgehead atoms. The molecular formula is C18H21F3N8O2S2. The zero-order valence-corrected chi connectivity index (χ0v) is 19.2. The molecule has 2 N–H and O–H groups in total. The molecule has 5 heterocycles. The molecule has 10 nitrogen and oxygen atoms in total. The maximum atomic E-state index is 13.3. The van der Waals surface area contributed by atoms with Gasteiger partial charge >= 0.3 is 6.18 Å². The van der Waals surface area contributed by atoms with Gasteiger partial charge in [-0.1, -0.05) is 11.3 Å². The lowest BCUT2D eigenvalue weighted by atomic mass is 10.1. The summed E-state index contributed by atoms with van der Waals surface area (Å²) in [6.07, 6.45) is -0.673. The van der Waals surface area contributed by atoms with Crippen LogP contribution in [0.4, 0.5) is 24.1 Å². The van der Waals surface area contributed by atoms with E-state index in [2.05, 4.69) is 24.9 Å². The molecule has 178 valence electrons. The number of imidazole rings is 1. The monoisotopic (exact) mass is 502 g/mol. The number of alkyl halides is 3. The van der Waals surface area contributed by atoms with Gasteiger partial charge in [0, 0.05) is 57.1 Å². The molecule has 0 amide bonds. The van der Waals surface area contributed by atoms with Gasteiger partial charge in [-0.25, -0.2) is 22.9 Å². The van der Waals surface area contributed by atoms with Crippen LogP contribution < -0.4 is 10.6 Å². The molecule has 33 heavy (non-hydrogen) atoms. The van der Waals surface area contributed by atoms with E-state index < -0.39 is 27.6 Å². The van der Waals surface area contributed by atoms with E-state index >= 15 is 0 Å². The summed E-state index contributed by atoms with van der Waals surface area (Å²) in [6.45, 7) is 3.67. The SMILES string of the molecule is CS(=O)(=O)N1CCN2CCN(c3nn4c(-c5cnc(N)c(C(F)(F)F)c5)cnc4s3)CC2C1. The summed E-state index contributed by atoms with van der Waals surface area (Å²) in [6, 6.07) is 0.985. The third kappa shape index (κ3) is 4.13. The van der Waals surface area contributed by atoms with E-state index in [1.54, 1.807) is 0 Å². The average molecular weight is 503 g/mol. The van der Waals surface area contributed by atoms with E-state index in [0.717, 1.165) is 12.6 Å². The summed E-state index contributed by atoms with van der Waals surface area (Å²) in [5, 5.41) is 5.28. The Labute approximate surface area is 191 Å². The Morgan fingerprint density at radius 1 is 1.12 bits per heavy atom. The number of hydrogen-bond donors (Lipinski definition) is 1. The predicted molar refractivity (Wildman–Crippen MR) is 118 cm³/mol. The second kappa shape index (κ2) is 7.78. The van der Waals surface area contributed by atoms with Gasteiger partial charge in [0.1, 0.15) is 5.82 Å². The first-order chi connectivity index (χ1) is 15.5. The topological polar surface area (TPSA) is 113 Å². The van der Waals surface area contributed by atoms with Crippen molar-refractivity contribution in [2.75, 3.05) is 56.2 Å². The Morgan fingerprint density at radius 3 is 2.61 bits per heavy atom. The van der Waals surface area contributed by atoms with Crippen molar-refractivity contribution in [1.82, 2.24) is 28.8 Å². The van der Waals surface area contributed by atoms with Gasteiger partial charge in [-0.2, -0.15) is 17.5 Å². The van der Waals surface area contributed by atoms with Crippen molar-refractivity contribution in [1.29, 1.82) is 0 Å². The number of piperazine rings is 2. The molecule has 0 aromatic carbocycles. The van der Waals surface area contributed by atoms with Crippen LogP contribution in [-0.4, -0.2) is 88.8 Å². The van der Waals surface area contributed by atoms with Gasteiger partial charge < -0.3 is 10.6 Å². The highest BCUT2D eigenvalue weighted by atomic mass is 32.2. The third-order valence-corrected chi connectivity index (χ3v) is 8.24. The minimum atomic E-state index is -4.62. The molecular weight excluding hydrogens is 481 g/mol. The van der Waals surface area contributed by atoms with E-state index in [4.69, 9.17) is 5.73 Å². The van der Waals surface area contributed by atoms with Crippen LogP contribution in [-0.2, 0) is 16.2 Å². The Hall–Kier alpha value is -2.49. The van der Waals surface area contributed by atoms with Crippen molar-refractivity contribution < 1.29 is 21.6 Å². The van der Waals surface area contributed by atoms with Crippen molar-refractivity contribution in [2.45, 2.75) is 12.2 Å². The number of anilines is 2. The van der Waals surface area contributed by atoms with E-state index in [1.807, 2.05) is 0 Å². The molecule has 1 atom stereocenters. The number of pyridine rings is 1. The second-order valence-corrected chi connectivity index (χ2v) is 11.1. The first-order valence-electron chi connectivity index (χ1n) is 10.1. The van der Waals surface area contributed by atoms with Crippen molar-refractivity contribution in [3.63, 3.8) is 0 Å². The number of nitrogens with two attached hydrogens (primary N) is 1. The molecule has 0 saturated carbocycles. The molecule has 2 fully saturated rings. The summed E-state index contributed by atoms with van der Waals surface area (Å²) in [4.78, 5) is 12.9. The van der Waals surface area contributed by atoms with Crippen LogP contribution in [0.5, 0.6) is 0 Å². The summed E-state index contributed by atoms with van der Waals surface area (Å²) < 4.78 is 66.7. The van der Waals surface area contributed by atoms with Gasteiger partial charge in [-0.05, 0) is 6.07 Å². The van der Waals surface area contributed by atoms with Crippen molar-refractivity contribution >= 4 is 37.3 Å². The van der Waals surface area contributed by atoms with Crippen molar-refractivity contribution in [2.24, 2.45) is 0 Å². The molecule has 1 unspecified atom stereocenters. The standard InChI is InChI=1S/C18H21F3N8O2S2/c1-33(30,31)28-5-4-26-2-3-27(9-12(26)10-28)17-25-29-14(8-24-16(29)32-17)11-6-13(18(19,20)21)15(22)23-7-11/h6-8,12H,2-5,9-10H2,1H3,(H2,22,23). The highest BCUT2D eigenvalue weighted by Gasteiger charge is 2.36. The summed E-state index contributed by atoms with van der Waals surface area (Å²) in [5.41, 5.74) is 5.00. The smallest absolute Gasteiger partial charge is 0.383 e. The first kappa shape index (κ1) is 22.3. The number of rotatable bonds is 3. The summed E-state index contributed by atoms with van der Waals surface area (Å²) >= 11 is 1.33. The third-order valence-electron chi connectivity index (χ3n) is 5.99. The van der Waals surface area contributed by atoms with Gasteiger partial charge in [0.15, 0.2) is 0 Å². The number of fused-ring (bicyclic) bond motifs is 2. The highest BCUT2D eigenvalue weighted by Crippen LogP contribution is 2.36. The van der Waals surface area contributed by atoms with Gasteiger partial charge in [-0.3, -0.25) is 4.90 Å². The highest BCUT2D eigenvalue weighted by molar-refractivity contribution is 7.88. The minimum Gasteiger partial charge on any atom is -0.383 e. The summed E-state index contributed by atoms with van der Waals surface area (Å²) in [5.74, 6) is -0.584. The summed E-state index contributed by atoms with van der Waals surface area (Å²) in [7, 11) is -3.26. The molecule has 0 spiro atoms. The molecule has 5 rings (SSSR count). The fraction of sp³-hybridized carbons (Fsp3) is 0.500. The fourth-order valence-corrected chi connectivity index (χ4v) is 6.02. The van der Waals surface area contributed by atoms with Gasteiger partial charge in [0.2, 0.25) is 20.1 Å². The Balaban J connectivity index is 1.42. The predicted octanol–water partition coefficient (Wildman–Crippen LogP) is 1.22. The lowest BCUT2D eigenvalue weighted by Gasteiger charge is -2.46. The lowest BCUT2D eigenvalue weighted by molar-refractivity contribution is -0.137. The number of nitrogen functional groups attached to an aromatic ring is 1. The van der Waals surface area contributed by atoms with Gasteiger partial charge in [0.05, 0.1) is 23.7 Å². The molecule has 2 saturated heterocycles. The molecule has 3 aromatic heterocycles. The van der Waals surface area contributed by atoms with Gasteiger partial charge in [0.25, 0.3) is 0 Å². The van der Waals surface area contributed by atoms with Crippen LogP contribution in [0, 0.1) is 0 Å². The molecule has 0 aliphatic carbocycles. The zero-order chi connectivity index (χ0) is 23.5. The quantitative estimate of drug-likeness (QED) is 0.569. The molecule has 0 radical (unpaired) electrons. The number of hydrogen-bond acceptors (Lipinski definition) is 9. The number of halogens is 3. The van der Waals surface area contributed by atoms with E-state index in [9.17, 15) is 21.6 Å². The molecule has 2 aliphatic rings. The lowest BCUT2D eigenvalue weighted by Crippen LogP contribution is -2.62. The van der Waals surface area contributed by atoms with Crippen LogP contribution in [0.25, 0.3) is 16.2 Å². The number of sulfonamides is 1. The van der Waals surface area contributed by atoms with Crippen molar-refractivity contribution in [3.8, 4) is 11.3 Å². The second-order valence-electron chi connectivity index (χ2n) is 8.13. The van der Waals surface area contributed by atoms with Crippen LogP contribution in [0.3, 0.4) is 0 Å². The van der Waals surface area contributed by atoms with Gasteiger partial charge in [-0.15, -0.1) is 5.10 Å². The maximum Gasteiger partial charge on any atom is 0.419 e.